The third-order valence-corrected chi connectivity index (χ3v) is 5.67. The molecule has 22 heavy (non-hydrogen) atoms. The van der Waals surface area contributed by atoms with Crippen molar-refractivity contribution >= 4 is 35.0 Å². The minimum atomic E-state index is 0.0313. The molecule has 0 spiro atoms. The average molecular weight is 318 g/mol. The topological polar surface area (TPSA) is 40.6 Å². The number of carbonyl (C=O) groups is 2. The van der Waals surface area contributed by atoms with Gasteiger partial charge in [0.15, 0.2) is 0 Å². The third kappa shape index (κ3) is 2.86. The maximum atomic E-state index is 12.9. The molecule has 1 fully saturated rings. The lowest BCUT2D eigenvalue weighted by Gasteiger charge is -2.27. The third-order valence-electron chi connectivity index (χ3n) is 4.30. The molecular weight excluding hydrogens is 296 g/mol. The number of rotatable bonds is 1. The highest BCUT2D eigenvalue weighted by molar-refractivity contribution is 8.00. The van der Waals surface area contributed by atoms with Gasteiger partial charge in [0.25, 0.3) is 0 Å². The Morgan fingerprint density at radius 2 is 1.77 bits per heavy atom. The van der Waals surface area contributed by atoms with Crippen molar-refractivity contribution in [3.8, 4) is 0 Å². The van der Waals surface area contributed by atoms with Crippen LogP contribution in [0.4, 0.5) is 11.4 Å². The molecule has 0 aromatic heterocycles. The molecule has 0 aliphatic carbocycles. The van der Waals surface area contributed by atoms with Gasteiger partial charge >= 0.3 is 0 Å². The molecular formula is C17H22N2O2S. The number of amides is 2. The van der Waals surface area contributed by atoms with Crippen molar-refractivity contribution in [2.75, 3.05) is 28.6 Å². The molecule has 2 aliphatic heterocycles. The number of thioether (sulfide) groups is 1. The summed E-state index contributed by atoms with van der Waals surface area (Å²) in [5.74, 6) is 1.56. The van der Waals surface area contributed by atoms with E-state index in [1.807, 2.05) is 29.2 Å². The zero-order valence-electron chi connectivity index (χ0n) is 13.1. The van der Waals surface area contributed by atoms with Crippen LogP contribution in [0.1, 0.15) is 26.7 Å². The highest BCUT2D eigenvalue weighted by Crippen LogP contribution is 2.36. The number of fused-ring (bicyclic) bond motifs is 1. The van der Waals surface area contributed by atoms with Gasteiger partial charge < -0.3 is 9.80 Å². The normalized spacial score (nSPS) is 24.8. The molecule has 2 heterocycles. The standard InChI is InChI=1S/C17H22N2O2S/c1-12-10-18(13(2)20)14-6-3-4-7-15(14)19(11-12)17(21)16-8-5-9-22-16/h3-4,6-7,12,16H,5,8-11H2,1-2H3/t12-,16-/m1/s1. The fourth-order valence-electron chi connectivity index (χ4n) is 3.25. The minimum absolute atomic E-state index is 0.0313. The number of hydrogen-bond acceptors (Lipinski definition) is 3. The molecule has 0 unspecified atom stereocenters. The van der Waals surface area contributed by atoms with Gasteiger partial charge in [-0.1, -0.05) is 19.1 Å². The number of nitrogens with zero attached hydrogens (tertiary/aromatic N) is 2. The summed E-state index contributed by atoms with van der Waals surface area (Å²) < 4.78 is 0. The Hall–Kier alpha value is -1.49. The van der Waals surface area contributed by atoms with Gasteiger partial charge in [-0.3, -0.25) is 9.59 Å². The second-order valence-electron chi connectivity index (χ2n) is 6.17. The Labute approximate surface area is 135 Å². The van der Waals surface area contributed by atoms with Crippen molar-refractivity contribution in [2.24, 2.45) is 5.92 Å². The fourth-order valence-corrected chi connectivity index (χ4v) is 4.47. The Balaban J connectivity index is 2.00. The van der Waals surface area contributed by atoms with Crippen LogP contribution in [0.5, 0.6) is 0 Å². The molecule has 1 aromatic rings. The molecule has 0 radical (unpaired) electrons. The number of anilines is 2. The van der Waals surface area contributed by atoms with Gasteiger partial charge in [-0.25, -0.2) is 0 Å². The zero-order valence-corrected chi connectivity index (χ0v) is 13.9. The van der Waals surface area contributed by atoms with Crippen LogP contribution in [0.15, 0.2) is 24.3 Å². The largest absolute Gasteiger partial charge is 0.310 e. The van der Waals surface area contributed by atoms with Gasteiger partial charge in [-0.15, -0.1) is 11.8 Å². The first-order valence-corrected chi connectivity index (χ1v) is 8.93. The molecule has 118 valence electrons. The summed E-state index contributed by atoms with van der Waals surface area (Å²) >= 11 is 1.76. The van der Waals surface area contributed by atoms with Crippen LogP contribution < -0.4 is 9.80 Å². The summed E-state index contributed by atoms with van der Waals surface area (Å²) in [4.78, 5) is 28.7. The summed E-state index contributed by atoms with van der Waals surface area (Å²) in [6, 6.07) is 7.77. The van der Waals surface area contributed by atoms with Gasteiger partial charge in [-0.2, -0.15) is 0 Å². The summed E-state index contributed by atoms with van der Waals surface area (Å²) in [7, 11) is 0. The first-order chi connectivity index (χ1) is 10.6. The summed E-state index contributed by atoms with van der Waals surface area (Å²) in [5.41, 5.74) is 1.73. The predicted molar refractivity (Wildman–Crippen MR) is 91.5 cm³/mol. The molecule has 1 aromatic carbocycles. The monoisotopic (exact) mass is 318 g/mol. The van der Waals surface area contributed by atoms with Crippen molar-refractivity contribution in [3.63, 3.8) is 0 Å². The number of benzene rings is 1. The van der Waals surface area contributed by atoms with E-state index in [1.165, 1.54) is 0 Å². The molecule has 5 heteroatoms. The van der Waals surface area contributed by atoms with Crippen molar-refractivity contribution in [3.05, 3.63) is 24.3 Å². The Kier molecular flexibility index (Phi) is 4.43. The lowest BCUT2D eigenvalue weighted by Crippen LogP contribution is -2.39. The van der Waals surface area contributed by atoms with Gasteiger partial charge in [0.1, 0.15) is 0 Å². The lowest BCUT2D eigenvalue weighted by atomic mass is 10.1. The van der Waals surface area contributed by atoms with E-state index in [1.54, 1.807) is 23.6 Å². The van der Waals surface area contributed by atoms with Gasteiger partial charge in [0.05, 0.1) is 16.6 Å². The predicted octanol–water partition coefficient (Wildman–Crippen LogP) is 2.92. The molecule has 2 atom stereocenters. The molecule has 4 nitrogen and oxygen atoms in total. The maximum Gasteiger partial charge on any atom is 0.240 e. The quantitative estimate of drug-likeness (QED) is 0.799. The van der Waals surface area contributed by atoms with Crippen molar-refractivity contribution in [2.45, 2.75) is 31.9 Å². The van der Waals surface area contributed by atoms with Gasteiger partial charge in [-0.05, 0) is 36.6 Å². The average Bonchev–Trinajstić information content (AvgIpc) is 2.99. The van der Waals surface area contributed by atoms with Crippen LogP contribution in [0.3, 0.4) is 0 Å². The number of carbonyl (C=O) groups excluding carboxylic acids is 2. The Morgan fingerprint density at radius 3 is 2.36 bits per heavy atom. The molecule has 0 bridgehead atoms. The first-order valence-electron chi connectivity index (χ1n) is 7.88. The molecule has 2 amide bonds. The maximum absolute atomic E-state index is 12.9. The van der Waals surface area contributed by atoms with Crippen molar-refractivity contribution in [1.82, 2.24) is 0 Å². The molecule has 0 saturated carbocycles. The van der Waals surface area contributed by atoms with E-state index in [0.717, 1.165) is 30.0 Å². The van der Waals surface area contributed by atoms with Crippen molar-refractivity contribution < 1.29 is 9.59 Å². The summed E-state index contributed by atoms with van der Waals surface area (Å²) in [6.45, 7) is 5.03. The SMILES string of the molecule is CC(=O)N1C[C@@H](C)CN(C(=O)[C@H]2CCCS2)c2ccccc21. The van der Waals surface area contributed by atoms with E-state index in [-0.39, 0.29) is 23.0 Å². The van der Waals surface area contributed by atoms with E-state index in [4.69, 9.17) is 0 Å². The van der Waals surface area contributed by atoms with E-state index in [2.05, 4.69) is 6.92 Å². The zero-order chi connectivity index (χ0) is 15.7. The highest BCUT2D eigenvalue weighted by atomic mass is 32.2. The minimum Gasteiger partial charge on any atom is -0.310 e. The lowest BCUT2D eigenvalue weighted by molar-refractivity contribution is -0.118. The Bertz CT molecular complexity index is 584. The van der Waals surface area contributed by atoms with Crippen LogP contribution in [0, 0.1) is 5.92 Å². The number of hydrogen-bond donors (Lipinski definition) is 0. The summed E-state index contributed by atoms with van der Waals surface area (Å²) in [5, 5.41) is 0.0733. The summed E-state index contributed by atoms with van der Waals surface area (Å²) in [6.07, 6.45) is 2.08. The van der Waals surface area contributed by atoms with E-state index in [0.29, 0.717) is 13.1 Å². The second kappa shape index (κ2) is 6.32. The van der Waals surface area contributed by atoms with Crippen LogP contribution in [-0.4, -0.2) is 35.9 Å². The van der Waals surface area contributed by atoms with Gasteiger partial charge in [0, 0.05) is 20.0 Å². The molecule has 1 saturated heterocycles. The molecule has 2 aliphatic rings. The van der Waals surface area contributed by atoms with E-state index in [9.17, 15) is 9.59 Å². The van der Waals surface area contributed by atoms with Crippen molar-refractivity contribution in [1.29, 1.82) is 0 Å². The Morgan fingerprint density at radius 1 is 1.14 bits per heavy atom. The molecule has 3 rings (SSSR count). The van der Waals surface area contributed by atoms with E-state index >= 15 is 0 Å². The van der Waals surface area contributed by atoms with E-state index < -0.39 is 0 Å². The van der Waals surface area contributed by atoms with Crippen LogP contribution in [-0.2, 0) is 9.59 Å². The highest BCUT2D eigenvalue weighted by Gasteiger charge is 2.34. The second-order valence-corrected chi connectivity index (χ2v) is 7.48. The smallest absolute Gasteiger partial charge is 0.240 e. The number of para-hydroxylation sites is 2. The van der Waals surface area contributed by atoms with Crippen LogP contribution in [0.2, 0.25) is 0 Å². The van der Waals surface area contributed by atoms with Crippen LogP contribution in [0.25, 0.3) is 0 Å². The molecule has 0 N–H and O–H groups in total. The van der Waals surface area contributed by atoms with Gasteiger partial charge in [0.2, 0.25) is 11.8 Å². The fraction of sp³-hybridized carbons (Fsp3) is 0.529. The van der Waals surface area contributed by atoms with Crippen LogP contribution >= 0.6 is 11.8 Å². The first kappa shape index (κ1) is 15.4.